The van der Waals surface area contributed by atoms with Gasteiger partial charge in [0, 0.05) is 6.54 Å². The maximum absolute atomic E-state index is 13.7. The molecule has 192 valence electrons. The second-order valence-electron chi connectivity index (χ2n) is 9.69. The maximum atomic E-state index is 13.7. The van der Waals surface area contributed by atoms with Crippen LogP contribution >= 0.6 is 0 Å². The molecule has 0 aliphatic carbocycles. The number of hydrogen-bond acceptors (Lipinski definition) is 6. The second-order valence-corrected chi connectivity index (χ2v) is 9.69. The van der Waals surface area contributed by atoms with Gasteiger partial charge in [0.15, 0.2) is 29.2 Å². The third kappa shape index (κ3) is 4.48. The molecule has 5 rings (SSSR count). The summed E-state index contributed by atoms with van der Waals surface area (Å²) in [5.41, 5.74) is 0.0694. The number of fused-ring (bicyclic) bond motifs is 1. The molecule has 3 amide bonds. The number of hydrogen-bond donors (Lipinski definition) is 1. The third-order valence-electron chi connectivity index (χ3n) is 7.62. The first kappa shape index (κ1) is 24.4. The van der Waals surface area contributed by atoms with Gasteiger partial charge in [0.05, 0.1) is 13.7 Å². The number of halogens is 1. The van der Waals surface area contributed by atoms with Gasteiger partial charge in [-0.1, -0.05) is 25.1 Å². The predicted molar refractivity (Wildman–Crippen MR) is 131 cm³/mol. The molecule has 0 spiro atoms. The van der Waals surface area contributed by atoms with E-state index in [4.69, 9.17) is 14.2 Å². The van der Waals surface area contributed by atoms with Crippen LogP contribution in [0.4, 0.5) is 9.18 Å². The standard InChI is InChI=1S/C27H32FN3O5/c1-3-27(19-10-12-30(13-11-19)15-18-8-9-21(28)24(14-18)34-2)25(32)31(26(33)29-27)16-20-17-35-22-6-4-5-7-23(22)36-20/h4-9,14,19-20H,3,10-13,15-17H2,1-2H3,(H,29,33)/t20-,27+/m1/s1. The normalized spacial score (nSPS) is 24.6. The molecule has 1 N–H and O–H groups in total. The highest BCUT2D eigenvalue weighted by Gasteiger charge is 2.55. The molecular formula is C27H32FN3O5. The number of carbonyl (C=O) groups excluding carboxylic acids is 2. The molecule has 2 fully saturated rings. The Balaban J connectivity index is 1.21. The fourth-order valence-corrected chi connectivity index (χ4v) is 5.62. The van der Waals surface area contributed by atoms with E-state index in [0.29, 0.717) is 24.5 Å². The van der Waals surface area contributed by atoms with Crippen molar-refractivity contribution in [1.82, 2.24) is 15.1 Å². The molecule has 0 aromatic heterocycles. The number of likely N-dealkylation sites (tertiary alicyclic amines) is 1. The number of para-hydroxylation sites is 2. The fraction of sp³-hybridized carbons (Fsp3) is 0.481. The van der Waals surface area contributed by atoms with Gasteiger partial charge in [0.2, 0.25) is 0 Å². The summed E-state index contributed by atoms with van der Waals surface area (Å²) in [7, 11) is 1.46. The molecule has 2 aromatic carbocycles. The number of piperidine rings is 1. The summed E-state index contributed by atoms with van der Waals surface area (Å²) >= 11 is 0. The Labute approximate surface area is 210 Å². The van der Waals surface area contributed by atoms with Gasteiger partial charge in [-0.3, -0.25) is 14.6 Å². The lowest BCUT2D eigenvalue weighted by Crippen LogP contribution is -2.56. The van der Waals surface area contributed by atoms with Crippen LogP contribution in [0.1, 0.15) is 31.7 Å². The molecule has 8 nitrogen and oxygen atoms in total. The Morgan fingerprint density at radius 3 is 2.61 bits per heavy atom. The molecule has 36 heavy (non-hydrogen) atoms. The number of benzene rings is 2. The zero-order chi connectivity index (χ0) is 25.3. The van der Waals surface area contributed by atoms with Crippen molar-refractivity contribution >= 4 is 11.9 Å². The molecule has 0 saturated carbocycles. The summed E-state index contributed by atoms with van der Waals surface area (Å²) in [5.74, 6) is 1.00. The maximum Gasteiger partial charge on any atom is 0.325 e. The molecule has 2 aromatic rings. The van der Waals surface area contributed by atoms with Crippen LogP contribution in [0.2, 0.25) is 0 Å². The third-order valence-corrected chi connectivity index (χ3v) is 7.62. The average Bonchev–Trinajstić information content (AvgIpc) is 3.15. The molecular weight excluding hydrogens is 465 g/mol. The monoisotopic (exact) mass is 497 g/mol. The smallest absolute Gasteiger partial charge is 0.325 e. The number of amides is 3. The van der Waals surface area contributed by atoms with E-state index in [2.05, 4.69) is 10.2 Å². The van der Waals surface area contributed by atoms with Crippen LogP contribution < -0.4 is 19.5 Å². The number of imide groups is 1. The van der Waals surface area contributed by atoms with Crippen LogP contribution in [0.5, 0.6) is 17.2 Å². The molecule has 3 heterocycles. The Morgan fingerprint density at radius 1 is 1.14 bits per heavy atom. The molecule has 2 atom stereocenters. The van der Waals surface area contributed by atoms with E-state index >= 15 is 0 Å². The van der Waals surface area contributed by atoms with E-state index in [0.717, 1.165) is 31.5 Å². The summed E-state index contributed by atoms with van der Waals surface area (Å²) in [5, 5.41) is 3.05. The lowest BCUT2D eigenvalue weighted by Gasteiger charge is -2.40. The zero-order valence-electron chi connectivity index (χ0n) is 20.7. The van der Waals surface area contributed by atoms with E-state index in [9.17, 15) is 14.0 Å². The summed E-state index contributed by atoms with van der Waals surface area (Å²) in [6.07, 6.45) is 1.67. The zero-order valence-corrected chi connectivity index (χ0v) is 20.7. The van der Waals surface area contributed by atoms with Crippen molar-refractivity contribution in [3.63, 3.8) is 0 Å². The second kappa shape index (κ2) is 9.97. The molecule has 0 unspecified atom stereocenters. The minimum absolute atomic E-state index is 0.0344. The van der Waals surface area contributed by atoms with E-state index in [1.165, 1.54) is 18.1 Å². The number of ether oxygens (including phenoxy) is 3. The molecule has 0 radical (unpaired) electrons. The Hall–Kier alpha value is -3.33. The van der Waals surface area contributed by atoms with Gasteiger partial charge in [0.25, 0.3) is 5.91 Å². The van der Waals surface area contributed by atoms with Crippen molar-refractivity contribution in [1.29, 1.82) is 0 Å². The minimum atomic E-state index is -0.907. The van der Waals surface area contributed by atoms with Crippen LogP contribution in [-0.2, 0) is 11.3 Å². The number of rotatable bonds is 7. The fourth-order valence-electron chi connectivity index (χ4n) is 5.62. The number of urea groups is 1. The minimum Gasteiger partial charge on any atom is -0.494 e. The quantitative estimate of drug-likeness (QED) is 0.589. The summed E-state index contributed by atoms with van der Waals surface area (Å²) in [6, 6.07) is 11.9. The predicted octanol–water partition coefficient (Wildman–Crippen LogP) is 3.59. The summed E-state index contributed by atoms with van der Waals surface area (Å²) in [6.45, 7) is 4.62. The topological polar surface area (TPSA) is 80.3 Å². The highest BCUT2D eigenvalue weighted by atomic mass is 19.1. The molecule has 9 heteroatoms. The highest BCUT2D eigenvalue weighted by Crippen LogP contribution is 2.37. The molecule has 2 saturated heterocycles. The van der Waals surface area contributed by atoms with Crippen LogP contribution in [0.3, 0.4) is 0 Å². The van der Waals surface area contributed by atoms with Crippen molar-refractivity contribution in [3.05, 3.63) is 53.8 Å². The van der Waals surface area contributed by atoms with Gasteiger partial charge in [-0.2, -0.15) is 0 Å². The lowest BCUT2D eigenvalue weighted by molar-refractivity contribution is -0.135. The number of carbonyl (C=O) groups is 2. The van der Waals surface area contributed by atoms with Crippen molar-refractivity contribution in [2.75, 3.05) is 33.4 Å². The van der Waals surface area contributed by atoms with E-state index in [1.54, 1.807) is 12.1 Å². The first-order valence-electron chi connectivity index (χ1n) is 12.5. The van der Waals surface area contributed by atoms with Gasteiger partial charge in [-0.25, -0.2) is 9.18 Å². The first-order valence-corrected chi connectivity index (χ1v) is 12.5. The van der Waals surface area contributed by atoms with Gasteiger partial charge >= 0.3 is 6.03 Å². The van der Waals surface area contributed by atoms with Crippen molar-refractivity contribution in [2.24, 2.45) is 5.92 Å². The van der Waals surface area contributed by atoms with Crippen LogP contribution in [0.25, 0.3) is 0 Å². The van der Waals surface area contributed by atoms with Gasteiger partial charge < -0.3 is 19.5 Å². The van der Waals surface area contributed by atoms with E-state index in [-0.39, 0.29) is 42.6 Å². The Kier molecular flexibility index (Phi) is 6.75. The summed E-state index contributed by atoms with van der Waals surface area (Å²) < 4.78 is 30.6. The lowest BCUT2D eigenvalue weighted by atomic mass is 9.75. The number of methoxy groups -OCH3 is 1. The average molecular weight is 498 g/mol. The summed E-state index contributed by atoms with van der Waals surface area (Å²) in [4.78, 5) is 30.2. The van der Waals surface area contributed by atoms with Crippen molar-refractivity contribution < 1.29 is 28.2 Å². The van der Waals surface area contributed by atoms with Crippen molar-refractivity contribution in [2.45, 2.75) is 44.4 Å². The largest absolute Gasteiger partial charge is 0.494 e. The van der Waals surface area contributed by atoms with Gasteiger partial charge in [-0.15, -0.1) is 0 Å². The van der Waals surface area contributed by atoms with Crippen LogP contribution in [-0.4, -0.2) is 66.7 Å². The number of nitrogens with one attached hydrogen (secondary N) is 1. The Bertz CT molecular complexity index is 1140. The van der Waals surface area contributed by atoms with Crippen LogP contribution in [0, 0.1) is 11.7 Å². The van der Waals surface area contributed by atoms with Gasteiger partial charge in [0.1, 0.15) is 12.1 Å². The molecule has 3 aliphatic heterocycles. The number of nitrogens with zero attached hydrogens (tertiary/aromatic N) is 2. The SMILES string of the molecule is CC[C@@]1(C2CCN(Cc3ccc(F)c(OC)c3)CC2)NC(=O)N(C[C@@H]2COc3ccccc3O2)C1=O. The van der Waals surface area contributed by atoms with Crippen molar-refractivity contribution in [3.8, 4) is 17.2 Å². The molecule has 3 aliphatic rings. The van der Waals surface area contributed by atoms with E-state index in [1.807, 2.05) is 31.2 Å². The van der Waals surface area contributed by atoms with Gasteiger partial charge in [-0.05, 0) is 68.1 Å². The van der Waals surface area contributed by atoms with E-state index < -0.39 is 11.6 Å². The highest BCUT2D eigenvalue weighted by molar-refractivity contribution is 6.07. The van der Waals surface area contributed by atoms with Crippen LogP contribution in [0.15, 0.2) is 42.5 Å². The Morgan fingerprint density at radius 2 is 1.89 bits per heavy atom. The molecule has 0 bridgehead atoms. The first-order chi connectivity index (χ1) is 17.4.